The van der Waals surface area contributed by atoms with E-state index < -0.39 is 0 Å². The molecule has 1 N–H and O–H groups in total. The molecule has 1 aliphatic heterocycles. The van der Waals surface area contributed by atoms with Crippen LogP contribution in [0.5, 0.6) is 0 Å². The molecule has 0 bridgehead atoms. The molecule has 2 unspecified atom stereocenters. The zero-order chi connectivity index (χ0) is 13.2. The first-order chi connectivity index (χ1) is 9.25. The molecule has 2 atom stereocenters. The van der Waals surface area contributed by atoms with Crippen molar-refractivity contribution in [2.24, 2.45) is 5.92 Å². The lowest BCUT2D eigenvalue weighted by atomic mass is 9.91. The van der Waals surface area contributed by atoms with Gasteiger partial charge in [-0.2, -0.15) is 0 Å². The molecule has 0 radical (unpaired) electrons. The Bertz CT molecular complexity index is 411. The minimum atomic E-state index is 0.448. The number of hydrogen-bond acceptors (Lipinski definition) is 3. The Morgan fingerprint density at radius 1 is 1.32 bits per heavy atom. The van der Waals surface area contributed by atoms with Crippen LogP contribution in [0, 0.1) is 12.8 Å². The molecule has 0 spiro atoms. The van der Waals surface area contributed by atoms with E-state index >= 15 is 0 Å². The molecule has 3 heteroatoms. The van der Waals surface area contributed by atoms with Crippen LogP contribution in [0.15, 0.2) is 16.7 Å². The highest BCUT2D eigenvalue weighted by Gasteiger charge is 2.33. The largest absolute Gasteiger partial charge is 0.467 e. The summed E-state index contributed by atoms with van der Waals surface area (Å²) >= 11 is 0. The highest BCUT2D eigenvalue weighted by Crippen LogP contribution is 2.36. The van der Waals surface area contributed by atoms with Crippen LogP contribution < -0.4 is 5.32 Å². The van der Waals surface area contributed by atoms with E-state index in [-0.39, 0.29) is 0 Å². The lowest BCUT2D eigenvalue weighted by molar-refractivity contribution is 0.162. The van der Waals surface area contributed by atoms with Crippen LogP contribution in [0.2, 0.25) is 0 Å². The standard InChI is InChI=1S/C16H26N2O/c1-12-8-10-19-16(12)15-13(11-17-14-6-7-14)5-3-4-9-18(15)2/h8,10,13-15,17H,3-7,9,11H2,1-2H3. The Hall–Kier alpha value is -0.800. The van der Waals surface area contributed by atoms with Gasteiger partial charge in [0.25, 0.3) is 0 Å². The molecule has 1 saturated heterocycles. The lowest BCUT2D eigenvalue weighted by Crippen LogP contribution is -2.35. The van der Waals surface area contributed by atoms with E-state index in [1.807, 2.05) is 6.26 Å². The third kappa shape index (κ3) is 3.03. The van der Waals surface area contributed by atoms with Crippen LogP contribution in [-0.4, -0.2) is 31.1 Å². The van der Waals surface area contributed by atoms with Gasteiger partial charge >= 0.3 is 0 Å². The summed E-state index contributed by atoms with van der Waals surface area (Å²) in [6, 6.07) is 3.34. The van der Waals surface area contributed by atoms with Gasteiger partial charge in [0.15, 0.2) is 0 Å². The van der Waals surface area contributed by atoms with Gasteiger partial charge in [0.05, 0.1) is 12.3 Å². The van der Waals surface area contributed by atoms with Crippen molar-refractivity contribution in [3.05, 3.63) is 23.7 Å². The molecular weight excluding hydrogens is 236 g/mol. The number of furan rings is 1. The van der Waals surface area contributed by atoms with E-state index in [0.717, 1.165) is 12.6 Å². The summed E-state index contributed by atoms with van der Waals surface area (Å²) < 4.78 is 5.81. The van der Waals surface area contributed by atoms with Gasteiger partial charge in [-0.05, 0) is 63.7 Å². The van der Waals surface area contributed by atoms with Crippen LogP contribution in [0.4, 0.5) is 0 Å². The van der Waals surface area contributed by atoms with Crippen molar-refractivity contribution < 1.29 is 4.42 Å². The second kappa shape index (κ2) is 5.68. The molecular formula is C16H26N2O. The molecule has 1 aliphatic carbocycles. The second-order valence-electron chi connectivity index (χ2n) is 6.33. The first kappa shape index (κ1) is 13.2. The summed E-state index contributed by atoms with van der Waals surface area (Å²) in [5.74, 6) is 1.87. The number of nitrogens with one attached hydrogen (secondary N) is 1. The van der Waals surface area contributed by atoms with Gasteiger partial charge in [0.1, 0.15) is 5.76 Å². The van der Waals surface area contributed by atoms with Crippen LogP contribution in [0.3, 0.4) is 0 Å². The Morgan fingerprint density at radius 3 is 2.84 bits per heavy atom. The lowest BCUT2D eigenvalue weighted by Gasteiger charge is -2.31. The number of likely N-dealkylation sites (tertiary alicyclic amines) is 1. The topological polar surface area (TPSA) is 28.4 Å². The molecule has 2 aliphatic rings. The summed E-state index contributed by atoms with van der Waals surface area (Å²) in [4.78, 5) is 2.50. The van der Waals surface area contributed by atoms with Gasteiger partial charge in [0.2, 0.25) is 0 Å². The van der Waals surface area contributed by atoms with E-state index in [9.17, 15) is 0 Å². The first-order valence-electron chi connectivity index (χ1n) is 7.73. The third-order valence-corrected chi connectivity index (χ3v) is 4.67. The number of hydrogen-bond donors (Lipinski definition) is 1. The molecule has 106 valence electrons. The predicted octanol–water partition coefficient (Wildman–Crippen LogP) is 3.11. The van der Waals surface area contributed by atoms with Gasteiger partial charge in [-0.3, -0.25) is 4.90 Å². The highest BCUT2D eigenvalue weighted by atomic mass is 16.3. The van der Waals surface area contributed by atoms with E-state index in [1.54, 1.807) is 0 Å². The van der Waals surface area contributed by atoms with Crippen molar-refractivity contribution in [1.29, 1.82) is 0 Å². The van der Waals surface area contributed by atoms with Crippen LogP contribution in [-0.2, 0) is 0 Å². The smallest absolute Gasteiger partial charge is 0.124 e. The summed E-state index contributed by atoms with van der Waals surface area (Å²) in [5.41, 5.74) is 1.30. The van der Waals surface area contributed by atoms with Crippen LogP contribution in [0.1, 0.15) is 49.5 Å². The molecule has 2 fully saturated rings. The average molecular weight is 262 g/mol. The minimum Gasteiger partial charge on any atom is -0.467 e. The molecule has 3 nitrogen and oxygen atoms in total. The quantitative estimate of drug-likeness (QED) is 0.903. The van der Waals surface area contributed by atoms with Crippen molar-refractivity contribution in [3.63, 3.8) is 0 Å². The molecule has 3 rings (SSSR count). The van der Waals surface area contributed by atoms with Gasteiger partial charge < -0.3 is 9.73 Å². The predicted molar refractivity (Wildman–Crippen MR) is 77.2 cm³/mol. The summed E-state index contributed by atoms with van der Waals surface area (Å²) in [7, 11) is 2.25. The molecule has 0 aromatic carbocycles. The van der Waals surface area contributed by atoms with Crippen molar-refractivity contribution in [2.75, 3.05) is 20.1 Å². The van der Waals surface area contributed by atoms with E-state index in [1.165, 1.54) is 50.0 Å². The van der Waals surface area contributed by atoms with Crippen molar-refractivity contribution in [2.45, 2.75) is 51.1 Å². The summed E-state index contributed by atoms with van der Waals surface area (Å²) in [6.07, 6.45) is 8.55. The normalized spacial score (nSPS) is 29.4. The fourth-order valence-electron chi connectivity index (χ4n) is 3.35. The van der Waals surface area contributed by atoms with Crippen molar-refractivity contribution >= 4 is 0 Å². The summed E-state index contributed by atoms with van der Waals surface area (Å²) in [6.45, 7) is 4.49. The molecule has 1 aromatic heterocycles. The van der Waals surface area contributed by atoms with Gasteiger partial charge in [-0.1, -0.05) is 6.42 Å². The Morgan fingerprint density at radius 2 is 2.16 bits per heavy atom. The number of aryl methyl sites for hydroxylation is 1. The van der Waals surface area contributed by atoms with Gasteiger partial charge in [0, 0.05) is 12.6 Å². The van der Waals surface area contributed by atoms with E-state index in [2.05, 4.69) is 30.3 Å². The zero-order valence-corrected chi connectivity index (χ0v) is 12.2. The van der Waals surface area contributed by atoms with Crippen LogP contribution >= 0.6 is 0 Å². The Balaban J connectivity index is 1.77. The molecule has 1 aromatic rings. The molecule has 19 heavy (non-hydrogen) atoms. The third-order valence-electron chi connectivity index (χ3n) is 4.67. The fourth-order valence-corrected chi connectivity index (χ4v) is 3.35. The highest BCUT2D eigenvalue weighted by molar-refractivity contribution is 5.19. The Labute approximate surface area is 116 Å². The first-order valence-corrected chi connectivity index (χ1v) is 7.73. The molecule has 1 saturated carbocycles. The SMILES string of the molecule is Cc1ccoc1C1C(CNC2CC2)CCCCN1C. The monoisotopic (exact) mass is 262 g/mol. The Kier molecular flexibility index (Phi) is 3.94. The molecule has 0 amide bonds. The van der Waals surface area contributed by atoms with Crippen LogP contribution in [0.25, 0.3) is 0 Å². The minimum absolute atomic E-state index is 0.448. The zero-order valence-electron chi connectivity index (χ0n) is 12.2. The number of rotatable bonds is 4. The van der Waals surface area contributed by atoms with Gasteiger partial charge in [-0.25, -0.2) is 0 Å². The van der Waals surface area contributed by atoms with E-state index in [4.69, 9.17) is 4.42 Å². The van der Waals surface area contributed by atoms with Crippen molar-refractivity contribution in [3.8, 4) is 0 Å². The van der Waals surface area contributed by atoms with E-state index in [0.29, 0.717) is 12.0 Å². The average Bonchev–Trinajstić information content (AvgIpc) is 3.16. The van der Waals surface area contributed by atoms with Gasteiger partial charge in [-0.15, -0.1) is 0 Å². The van der Waals surface area contributed by atoms with Crippen molar-refractivity contribution in [1.82, 2.24) is 10.2 Å². The maximum absolute atomic E-state index is 5.81. The second-order valence-corrected chi connectivity index (χ2v) is 6.33. The fraction of sp³-hybridized carbons (Fsp3) is 0.750. The summed E-state index contributed by atoms with van der Waals surface area (Å²) in [5, 5.41) is 3.72. The maximum Gasteiger partial charge on any atom is 0.124 e. The maximum atomic E-state index is 5.81. The number of nitrogens with zero attached hydrogens (tertiary/aromatic N) is 1. The molecule has 2 heterocycles.